The highest BCUT2D eigenvalue weighted by Crippen LogP contribution is 2.25. The number of benzene rings is 1. The summed E-state index contributed by atoms with van der Waals surface area (Å²) in [6.45, 7) is 1.98. The number of rotatable bonds is 2. The molecule has 0 aliphatic carbocycles. The quantitative estimate of drug-likeness (QED) is 0.732. The molecular weight excluding hydrogens is 236 g/mol. The van der Waals surface area contributed by atoms with Gasteiger partial charge in [-0.15, -0.1) is 0 Å². The number of hydrogen-bond acceptors (Lipinski definition) is 4. The van der Waals surface area contributed by atoms with Crippen LogP contribution in [0.15, 0.2) is 48.5 Å². The molecule has 0 atom stereocenters. The summed E-state index contributed by atoms with van der Waals surface area (Å²) in [4.78, 5) is 8.76. The topological polar surface area (TPSA) is 63.8 Å². The van der Waals surface area contributed by atoms with Gasteiger partial charge in [0.1, 0.15) is 11.6 Å². The number of fused-ring (bicyclic) bond motifs is 1. The van der Waals surface area contributed by atoms with Gasteiger partial charge in [0, 0.05) is 11.1 Å². The Balaban J connectivity index is 2.09. The summed E-state index contributed by atoms with van der Waals surface area (Å²) in [6, 6.07) is 15.6. The number of nitrogens with two attached hydrogens (primary N) is 1. The lowest BCUT2D eigenvalue weighted by atomic mass is 10.1. The van der Waals surface area contributed by atoms with E-state index in [-0.39, 0.29) is 0 Å². The highest BCUT2D eigenvalue weighted by atomic mass is 15.0. The molecule has 19 heavy (non-hydrogen) atoms. The second kappa shape index (κ2) is 4.57. The van der Waals surface area contributed by atoms with E-state index in [1.54, 1.807) is 6.07 Å². The van der Waals surface area contributed by atoms with Crippen molar-refractivity contribution in [3.05, 3.63) is 54.2 Å². The number of nitrogens with one attached hydrogen (secondary N) is 1. The number of nitrogens with zero attached hydrogens (tertiary/aromatic N) is 2. The standard InChI is InChI=1S/C15H14N4/c1-10-9-13(11-5-2-3-6-12(11)17-10)18-15-8-4-7-14(16)19-15/h2-9H,1H3,(H3,16,17,18,19). The molecule has 3 rings (SSSR count). The van der Waals surface area contributed by atoms with Crippen molar-refractivity contribution in [3.63, 3.8) is 0 Å². The predicted octanol–water partition coefficient (Wildman–Crippen LogP) is 3.26. The summed E-state index contributed by atoms with van der Waals surface area (Å²) >= 11 is 0. The van der Waals surface area contributed by atoms with Crippen molar-refractivity contribution in [2.75, 3.05) is 11.1 Å². The van der Waals surface area contributed by atoms with Crippen LogP contribution in [-0.4, -0.2) is 9.97 Å². The lowest BCUT2D eigenvalue weighted by Gasteiger charge is -2.10. The Morgan fingerprint density at radius 1 is 1.00 bits per heavy atom. The number of aromatic nitrogens is 2. The highest BCUT2D eigenvalue weighted by Gasteiger charge is 2.04. The predicted molar refractivity (Wildman–Crippen MR) is 78.4 cm³/mol. The van der Waals surface area contributed by atoms with Gasteiger partial charge in [-0.2, -0.15) is 0 Å². The zero-order valence-corrected chi connectivity index (χ0v) is 10.6. The van der Waals surface area contributed by atoms with Gasteiger partial charge >= 0.3 is 0 Å². The maximum Gasteiger partial charge on any atom is 0.132 e. The minimum Gasteiger partial charge on any atom is -0.384 e. The Kier molecular flexibility index (Phi) is 2.76. The number of para-hydroxylation sites is 1. The zero-order valence-electron chi connectivity index (χ0n) is 10.6. The average Bonchev–Trinajstić information content (AvgIpc) is 2.38. The first-order chi connectivity index (χ1) is 9.22. The molecule has 4 nitrogen and oxygen atoms in total. The van der Waals surface area contributed by atoms with Gasteiger partial charge in [0.2, 0.25) is 0 Å². The molecule has 0 spiro atoms. The molecule has 0 bridgehead atoms. The molecule has 0 aliphatic rings. The first kappa shape index (κ1) is 11.5. The van der Waals surface area contributed by atoms with Crippen LogP contribution in [0.5, 0.6) is 0 Å². The molecule has 0 aliphatic heterocycles. The highest BCUT2D eigenvalue weighted by molar-refractivity contribution is 5.92. The number of nitrogen functional groups attached to an aromatic ring is 1. The minimum atomic E-state index is 0.500. The Labute approximate surface area is 111 Å². The number of hydrogen-bond donors (Lipinski definition) is 2. The van der Waals surface area contributed by atoms with Crippen molar-refractivity contribution in [1.29, 1.82) is 0 Å². The lowest BCUT2D eigenvalue weighted by Crippen LogP contribution is -1.98. The Hall–Kier alpha value is -2.62. The molecule has 94 valence electrons. The molecule has 3 N–H and O–H groups in total. The Bertz CT molecular complexity index is 737. The van der Waals surface area contributed by atoms with Gasteiger partial charge in [0.05, 0.1) is 11.2 Å². The van der Waals surface area contributed by atoms with E-state index in [2.05, 4.69) is 15.3 Å². The van der Waals surface area contributed by atoms with Gasteiger partial charge in [0.15, 0.2) is 0 Å². The average molecular weight is 250 g/mol. The van der Waals surface area contributed by atoms with Gasteiger partial charge < -0.3 is 11.1 Å². The van der Waals surface area contributed by atoms with Crippen molar-refractivity contribution in [2.45, 2.75) is 6.92 Å². The molecule has 0 fully saturated rings. The van der Waals surface area contributed by atoms with Crippen LogP contribution in [0.1, 0.15) is 5.69 Å². The van der Waals surface area contributed by atoms with E-state index in [1.165, 1.54) is 0 Å². The fraction of sp³-hybridized carbons (Fsp3) is 0.0667. The van der Waals surface area contributed by atoms with Crippen LogP contribution in [0.25, 0.3) is 10.9 Å². The first-order valence-electron chi connectivity index (χ1n) is 6.08. The fourth-order valence-electron chi connectivity index (χ4n) is 2.07. The largest absolute Gasteiger partial charge is 0.384 e. The molecule has 4 heteroatoms. The molecule has 2 aromatic heterocycles. The summed E-state index contributed by atoms with van der Waals surface area (Å²) < 4.78 is 0. The van der Waals surface area contributed by atoms with Crippen LogP contribution in [0, 0.1) is 6.92 Å². The van der Waals surface area contributed by atoms with Crippen molar-refractivity contribution in [1.82, 2.24) is 9.97 Å². The minimum absolute atomic E-state index is 0.500. The second-order valence-electron chi connectivity index (χ2n) is 4.40. The van der Waals surface area contributed by atoms with E-state index in [0.717, 1.165) is 28.1 Å². The maximum absolute atomic E-state index is 5.69. The van der Waals surface area contributed by atoms with Crippen LogP contribution < -0.4 is 11.1 Å². The molecule has 0 saturated carbocycles. The van der Waals surface area contributed by atoms with Crippen LogP contribution in [0.3, 0.4) is 0 Å². The van der Waals surface area contributed by atoms with Crippen LogP contribution in [0.2, 0.25) is 0 Å². The lowest BCUT2D eigenvalue weighted by molar-refractivity contribution is 1.25. The van der Waals surface area contributed by atoms with Crippen molar-refractivity contribution in [3.8, 4) is 0 Å². The number of aryl methyl sites for hydroxylation is 1. The fourth-order valence-corrected chi connectivity index (χ4v) is 2.07. The molecule has 0 unspecified atom stereocenters. The van der Waals surface area contributed by atoms with Gasteiger partial charge in [-0.25, -0.2) is 4.98 Å². The van der Waals surface area contributed by atoms with Gasteiger partial charge in [-0.05, 0) is 31.2 Å². The maximum atomic E-state index is 5.69. The van der Waals surface area contributed by atoms with Gasteiger partial charge in [-0.3, -0.25) is 4.98 Å². The summed E-state index contributed by atoms with van der Waals surface area (Å²) in [5, 5.41) is 4.36. The van der Waals surface area contributed by atoms with Crippen LogP contribution in [-0.2, 0) is 0 Å². The number of pyridine rings is 2. The van der Waals surface area contributed by atoms with Crippen molar-refractivity contribution in [2.24, 2.45) is 0 Å². The summed E-state index contributed by atoms with van der Waals surface area (Å²) in [7, 11) is 0. The second-order valence-corrected chi connectivity index (χ2v) is 4.40. The van der Waals surface area contributed by atoms with E-state index in [9.17, 15) is 0 Å². The van der Waals surface area contributed by atoms with Gasteiger partial charge in [0.25, 0.3) is 0 Å². The summed E-state index contributed by atoms with van der Waals surface area (Å²) in [5.41, 5.74) is 8.61. The first-order valence-corrected chi connectivity index (χ1v) is 6.08. The molecule has 2 heterocycles. The monoisotopic (exact) mass is 250 g/mol. The van der Waals surface area contributed by atoms with Crippen molar-refractivity contribution >= 4 is 28.2 Å². The molecule has 1 aromatic carbocycles. The third kappa shape index (κ3) is 2.33. The Morgan fingerprint density at radius 3 is 2.68 bits per heavy atom. The van der Waals surface area contributed by atoms with Crippen LogP contribution >= 0.6 is 0 Å². The summed E-state index contributed by atoms with van der Waals surface area (Å²) in [5.74, 6) is 1.23. The van der Waals surface area contributed by atoms with E-state index < -0.39 is 0 Å². The molecule has 3 aromatic rings. The third-order valence-corrected chi connectivity index (χ3v) is 2.88. The van der Waals surface area contributed by atoms with E-state index in [1.807, 2.05) is 49.4 Å². The molecule has 0 saturated heterocycles. The molecular formula is C15H14N4. The summed E-state index contributed by atoms with van der Waals surface area (Å²) in [6.07, 6.45) is 0. The molecule has 0 radical (unpaired) electrons. The normalized spacial score (nSPS) is 10.6. The van der Waals surface area contributed by atoms with E-state index >= 15 is 0 Å². The van der Waals surface area contributed by atoms with E-state index in [0.29, 0.717) is 5.82 Å². The van der Waals surface area contributed by atoms with Crippen LogP contribution in [0.4, 0.5) is 17.3 Å². The number of anilines is 3. The third-order valence-electron chi connectivity index (χ3n) is 2.88. The molecule has 0 amide bonds. The Morgan fingerprint density at radius 2 is 1.84 bits per heavy atom. The smallest absolute Gasteiger partial charge is 0.132 e. The van der Waals surface area contributed by atoms with Crippen molar-refractivity contribution < 1.29 is 0 Å². The SMILES string of the molecule is Cc1cc(Nc2cccc(N)n2)c2ccccc2n1. The zero-order chi connectivity index (χ0) is 13.2. The van der Waals surface area contributed by atoms with E-state index in [4.69, 9.17) is 5.73 Å². The van der Waals surface area contributed by atoms with Gasteiger partial charge in [-0.1, -0.05) is 24.3 Å².